The highest BCUT2D eigenvalue weighted by atomic mass is 32.2. The van der Waals surface area contributed by atoms with Gasteiger partial charge in [0, 0.05) is 29.3 Å². The molecule has 0 aromatic carbocycles. The molecule has 0 saturated carbocycles. The Morgan fingerprint density at radius 1 is 1.60 bits per heavy atom. The number of hydrogen-bond acceptors (Lipinski definition) is 5. The van der Waals surface area contributed by atoms with Crippen LogP contribution in [0.25, 0.3) is 0 Å². The zero-order chi connectivity index (χ0) is 15.2. The molecule has 0 bridgehead atoms. The second kappa shape index (κ2) is 7.58. The number of thioether (sulfide) groups is 1. The summed E-state index contributed by atoms with van der Waals surface area (Å²) in [5, 5.41) is 11.3. The lowest BCUT2D eigenvalue weighted by molar-refractivity contribution is -0.141. The average Bonchev–Trinajstić information content (AvgIpc) is 2.85. The van der Waals surface area contributed by atoms with Crippen LogP contribution < -0.4 is 5.32 Å². The van der Waals surface area contributed by atoms with Gasteiger partial charge in [-0.15, -0.1) is 11.8 Å². The number of imidazole rings is 1. The van der Waals surface area contributed by atoms with E-state index in [-0.39, 0.29) is 22.8 Å². The summed E-state index contributed by atoms with van der Waals surface area (Å²) >= 11 is 5.50. The Bertz CT molecular complexity index is 449. The number of carboxylic acids is 1. The summed E-state index contributed by atoms with van der Waals surface area (Å²) in [7, 11) is 0. The van der Waals surface area contributed by atoms with Gasteiger partial charge in [-0.2, -0.15) is 12.6 Å². The minimum Gasteiger partial charge on any atom is -0.480 e. The summed E-state index contributed by atoms with van der Waals surface area (Å²) < 4.78 is -0.309. The van der Waals surface area contributed by atoms with Crippen molar-refractivity contribution in [3.63, 3.8) is 0 Å². The van der Waals surface area contributed by atoms with Crippen LogP contribution in [-0.2, 0) is 15.3 Å². The van der Waals surface area contributed by atoms with Crippen LogP contribution in [0.2, 0.25) is 0 Å². The van der Waals surface area contributed by atoms with Gasteiger partial charge in [0.05, 0.1) is 5.75 Å². The van der Waals surface area contributed by atoms with Gasteiger partial charge in [0.1, 0.15) is 11.9 Å². The number of carbonyl (C=O) groups excluding carboxylic acids is 1. The van der Waals surface area contributed by atoms with Crippen molar-refractivity contribution in [3.05, 3.63) is 18.2 Å². The average molecular weight is 317 g/mol. The standard InChI is InChI=1S/C12H19N3O3S2/c1-12(2,20-7-9-13-3-4-14-9)5-10(16)15-8(6-19)11(17)18/h3-4,8,19H,5-7H2,1-2H3,(H,13,14)(H,15,16)(H,17,18)/t8-/m0/s1. The molecule has 0 fully saturated rings. The number of aromatic amines is 1. The van der Waals surface area contributed by atoms with Crippen molar-refractivity contribution in [1.82, 2.24) is 15.3 Å². The Kier molecular flexibility index (Phi) is 6.41. The smallest absolute Gasteiger partial charge is 0.327 e. The van der Waals surface area contributed by atoms with E-state index in [1.807, 2.05) is 13.8 Å². The largest absolute Gasteiger partial charge is 0.480 e. The fourth-order valence-corrected chi connectivity index (χ4v) is 2.68. The van der Waals surface area contributed by atoms with Crippen molar-refractivity contribution in [2.75, 3.05) is 5.75 Å². The molecule has 1 rings (SSSR count). The van der Waals surface area contributed by atoms with E-state index in [9.17, 15) is 9.59 Å². The van der Waals surface area contributed by atoms with E-state index in [1.54, 1.807) is 24.2 Å². The number of nitrogens with zero attached hydrogens (tertiary/aromatic N) is 1. The lowest BCUT2D eigenvalue weighted by atomic mass is 10.1. The van der Waals surface area contributed by atoms with Crippen molar-refractivity contribution in [2.45, 2.75) is 36.8 Å². The molecule has 1 aromatic heterocycles. The SMILES string of the molecule is CC(C)(CC(=O)N[C@@H](CS)C(=O)O)SCc1ncc[nH]1. The molecule has 0 radical (unpaired) electrons. The molecule has 0 spiro atoms. The first-order valence-electron chi connectivity index (χ1n) is 6.09. The van der Waals surface area contributed by atoms with E-state index >= 15 is 0 Å². The number of carbonyl (C=O) groups is 2. The van der Waals surface area contributed by atoms with Crippen LogP contribution in [0.3, 0.4) is 0 Å². The van der Waals surface area contributed by atoms with E-state index in [2.05, 4.69) is 27.9 Å². The number of carboxylic acid groups (broad SMARTS) is 1. The maximum Gasteiger partial charge on any atom is 0.327 e. The van der Waals surface area contributed by atoms with Gasteiger partial charge in [0.25, 0.3) is 0 Å². The number of aliphatic carboxylic acids is 1. The highest BCUT2D eigenvalue weighted by Crippen LogP contribution is 2.30. The van der Waals surface area contributed by atoms with Crippen molar-refractivity contribution in [2.24, 2.45) is 0 Å². The Balaban J connectivity index is 2.44. The molecule has 1 atom stereocenters. The molecular formula is C12H19N3O3S2. The lowest BCUT2D eigenvalue weighted by Gasteiger charge is -2.24. The van der Waals surface area contributed by atoms with Crippen molar-refractivity contribution < 1.29 is 14.7 Å². The predicted octanol–water partition coefficient (Wildman–Crippen LogP) is 1.31. The van der Waals surface area contributed by atoms with E-state index in [0.717, 1.165) is 5.82 Å². The first-order valence-corrected chi connectivity index (χ1v) is 7.71. The minimum atomic E-state index is -1.07. The molecule has 8 heteroatoms. The quantitative estimate of drug-likeness (QED) is 0.542. The minimum absolute atomic E-state index is 0.0705. The number of hydrogen-bond donors (Lipinski definition) is 4. The Hall–Kier alpha value is -1.15. The van der Waals surface area contributed by atoms with Crippen molar-refractivity contribution in [1.29, 1.82) is 0 Å². The fourth-order valence-electron chi connectivity index (χ4n) is 1.51. The Labute approximate surface area is 127 Å². The summed E-state index contributed by atoms with van der Waals surface area (Å²) in [4.78, 5) is 29.8. The number of H-pyrrole nitrogens is 1. The molecule has 0 aliphatic rings. The van der Waals surface area contributed by atoms with E-state index in [1.165, 1.54) is 0 Å². The monoisotopic (exact) mass is 317 g/mol. The fraction of sp³-hybridized carbons (Fsp3) is 0.583. The molecule has 0 aliphatic carbocycles. The van der Waals surface area contributed by atoms with Crippen LogP contribution in [0.5, 0.6) is 0 Å². The molecule has 3 N–H and O–H groups in total. The molecule has 1 aromatic rings. The van der Waals surface area contributed by atoms with E-state index in [0.29, 0.717) is 5.75 Å². The first kappa shape index (κ1) is 16.9. The van der Waals surface area contributed by atoms with Gasteiger partial charge in [0.2, 0.25) is 5.91 Å². The van der Waals surface area contributed by atoms with E-state index < -0.39 is 12.0 Å². The van der Waals surface area contributed by atoms with Gasteiger partial charge in [0.15, 0.2) is 0 Å². The second-order valence-electron chi connectivity index (χ2n) is 4.90. The molecule has 6 nitrogen and oxygen atoms in total. The zero-order valence-electron chi connectivity index (χ0n) is 11.4. The summed E-state index contributed by atoms with van der Waals surface area (Å²) in [5.74, 6) is 0.225. The summed E-state index contributed by atoms with van der Waals surface area (Å²) in [6.45, 7) is 3.88. The maximum atomic E-state index is 11.8. The maximum absolute atomic E-state index is 11.8. The third-order valence-corrected chi connectivity index (χ3v) is 4.27. The molecule has 112 valence electrons. The van der Waals surface area contributed by atoms with Crippen LogP contribution in [0.4, 0.5) is 0 Å². The van der Waals surface area contributed by atoms with Crippen LogP contribution in [0.1, 0.15) is 26.1 Å². The van der Waals surface area contributed by atoms with Crippen LogP contribution in [-0.4, -0.2) is 43.5 Å². The summed E-state index contributed by atoms with van der Waals surface area (Å²) in [5.41, 5.74) is 0. The summed E-state index contributed by atoms with van der Waals surface area (Å²) in [6, 6.07) is -0.947. The summed E-state index contributed by atoms with van der Waals surface area (Å²) in [6.07, 6.45) is 3.66. The van der Waals surface area contributed by atoms with Gasteiger partial charge < -0.3 is 15.4 Å². The second-order valence-corrected chi connectivity index (χ2v) is 6.95. The first-order chi connectivity index (χ1) is 9.34. The van der Waals surface area contributed by atoms with Gasteiger partial charge in [-0.1, -0.05) is 13.8 Å². The van der Waals surface area contributed by atoms with Crippen molar-refractivity contribution >= 4 is 36.3 Å². The number of aromatic nitrogens is 2. The van der Waals surface area contributed by atoms with Crippen LogP contribution in [0.15, 0.2) is 12.4 Å². The molecular weight excluding hydrogens is 298 g/mol. The zero-order valence-corrected chi connectivity index (χ0v) is 13.1. The number of amides is 1. The lowest BCUT2D eigenvalue weighted by Crippen LogP contribution is -2.43. The van der Waals surface area contributed by atoms with Crippen molar-refractivity contribution in [3.8, 4) is 0 Å². The molecule has 1 amide bonds. The van der Waals surface area contributed by atoms with Crippen LogP contribution >= 0.6 is 24.4 Å². The normalized spacial score (nSPS) is 12.9. The Morgan fingerprint density at radius 2 is 2.30 bits per heavy atom. The number of rotatable bonds is 8. The van der Waals surface area contributed by atoms with Gasteiger partial charge in [-0.05, 0) is 0 Å². The third kappa shape index (κ3) is 5.87. The molecule has 0 unspecified atom stereocenters. The predicted molar refractivity (Wildman–Crippen MR) is 82.0 cm³/mol. The van der Waals surface area contributed by atoms with Gasteiger partial charge in [-0.25, -0.2) is 9.78 Å². The third-order valence-electron chi connectivity index (χ3n) is 2.56. The highest BCUT2D eigenvalue weighted by molar-refractivity contribution is 7.99. The molecule has 1 heterocycles. The van der Waals surface area contributed by atoms with Gasteiger partial charge in [-0.3, -0.25) is 4.79 Å². The number of thiol groups is 1. The van der Waals surface area contributed by atoms with E-state index in [4.69, 9.17) is 5.11 Å². The Morgan fingerprint density at radius 3 is 2.80 bits per heavy atom. The topological polar surface area (TPSA) is 95.1 Å². The highest BCUT2D eigenvalue weighted by Gasteiger charge is 2.26. The molecule has 0 aliphatic heterocycles. The molecule has 0 saturated heterocycles. The number of nitrogens with one attached hydrogen (secondary N) is 2. The molecule has 20 heavy (non-hydrogen) atoms. The van der Waals surface area contributed by atoms with Crippen LogP contribution in [0, 0.1) is 0 Å². The van der Waals surface area contributed by atoms with Gasteiger partial charge >= 0.3 is 5.97 Å².